The molecule has 1 rings (SSSR count). The van der Waals surface area contributed by atoms with Gasteiger partial charge in [0, 0.05) is 22.7 Å². The lowest BCUT2D eigenvalue weighted by Gasteiger charge is -2.13. The van der Waals surface area contributed by atoms with Gasteiger partial charge < -0.3 is 0 Å². The molecular weight excluding hydrogens is 166 g/mol. The van der Waals surface area contributed by atoms with E-state index in [9.17, 15) is 0 Å². The second-order valence-corrected chi connectivity index (χ2v) is 3.90. The minimum Gasteiger partial charge on any atom is -0.267 e. The number of allylic oxidation sites excluding steroid dienone is 3. The Bertz CT molecular complexity index is 282. The average molecular weight is 179 g/mol. The molecule has 0 radical (unpaired) electrons. The van der Waals surface area contributed by atoms with Gasteiger partial charge >= 0.3 is 0 Å². The van der Waals surface area contributed by atoms with Crippen LogP contribution in [0.4, 0.5) is 0 Å². The largest absolute Gasteiger partial charge is 0.267 e. The van der Waals surface area contributed by atoms with E-state index in [-0.39, 0.29) is 5.41 Å². The quantitative estimate of drug-likeness (QED) is 0.594. The maximum atomic E-state index is 4.29. The van der Waals surface area contributed by atoms with Gasteiger partial charge in [0.25, 0.3) is 0 Å². The van der Waals surface area contributed by atoms with Gasteiger partial charge in [-0.25, -0.2) is 0 Å². The summed E-state index contributed by atoms with van der Waals surface area (Å²) in [6.45, 7) is 7.92. The highest BCUT2D eigenvalue weighted by Crippen LogP contribution is 2.25. The highest BCUT2D eigenvalue weighted by molar-refractivity contribution is 7.84. The van der Waals surface area contributed by atoms with Gasteiger partial charge in [-0.05, 0) is 5.57 Å². The fraction of sp³-hybridized carbons (Fsp3) is 0.300. The molecule has 1 heterocycles. The number of nitrogens with zero attached hydrogens (tertiary/aromatic N) is 1. The number of aliphatic imine (C=N–C) groups is 1. The maximum Gasteiger partial charge on any atom is 0.0403 e. The summed E-state index contributed by atoms with van der Waals surface area (Å²) in [6, 6.07) is 0. The Morgan fingerprint density at radius 1 is 1.58 bits per heavy atom. The van der Waals surface area contributed by atoms with Crippen molar-refractivity contribution in [1.29, 1.82) is 0 Å². The van der Waals surface area contributed by atoms with E-state index < -0.39 is 0 Å². The summed E-state index contributed by atoms with van der Waals surface area (Å²) in [5.41, 5.74) is 1.03. The van der Waals surface area contributed by atoms with Crippen LogP contribution in [-0.4, -0.2) is 6.21 Å². The van der Waals surface area contributed by atoms with Crippen molar-refractivity contribution in [3.8, 4) is 0 Å². The molecule has 64 valence electrons. The van der Waals surface area contributed by atoms with Crippen LogP contribution in [0.15, 0.2) is 40.4 Å². The third kappa shape index (κ3) is 2.11. The van der Waals surface area contributed by atoms with E-state index >= 15 is 0 Å². The molecule has 1 aliphatic heterocycles. The molecule has 0 aromatic carbocycles. The Labute approximate surface area is 79.0 Å². The highest BCUT2D eigenvalue weighted by Gasteiger charge is 2.14. The first-order chi connectivity index (χ1) is 5.55. The molecule has 0 aromatic rings. The van der Waals surface area contributed by atoms with Crippen LogP contribution in [-0.2, 0) is 0 Å². The van der Waals surface area contributed by atoms with Gasteiger partial charge in [0.2, 0.25) is 0 Å². The van der Waals surface area contributed by atoms with Gasteiger partial charge in [0.05, 0.1) is 0 Å². The molecule has 0 bridgehead atoms. The van der Waals surface area contributed by atoms with Crippen molar-refractivity contribution >= 4 is 18.8 Å². The first kappa shape index (κ1) is 9.33. The lowest BCUT2D eigenvalue weighted by atomic mass is 9.92. The smallest absolute Gasteiger partial charge is 0.0403 e. The molecule has 0 unspecified atom stereocenters. The van der Waals surface area contributed by atoms with Crippen molar-refractivity contribution in [2.45, 2.75) is 13.8 Å². The summed E-state index contributed by atoms with van der Waals surface area (Å²) >= 11 is 4.29. The molecule has 0 aliphatic carbocycles. The fourth-order valence-electron chi connectivity index (χ4n) is 1.05. The molecule has 1 nitrogen and oxygen atoms in total. The Hall–Kier alpha value is -0.760. The van der Waals surface area contributed by atoms with Crippen LogP contribution in [0, 0.1) is 5.41 Å². The third-order valence-corrected chi connectivity index (χ3v) is 2.02. The zero-order valence-corrected chi connectivity index (χ0v) is 8.31. The second kappa shape index (κ2) is 3.31. The Morgan fingerprint density at radius 3 is 2.83 bits per heavy atom. The molecule has 0 fully saturated rings. The molecule has 0 amide bonds. The van der Waals surface area contributed by atoms with Crippen molar-refractivity contribution in [3.63, 3.8) is 0 Å². The van der Waals surface area contributed by atoms with Gasteiger partial charge in [0.15, 0.2) is 0 Å². The lowest BCUT2D eigenvalue weighted by Crippen LogP contribution is -2.08. The Balaban J connectivity index is 3.11. The summed E-state index contributed by atoms with van der Waals surface area (Å²) in [7, 11) is 0. The summed E-state index contributed by atoms with van der Waals surface area (Å²) in [6.07, 6.45) is 7.55. The third-order valence-electron chi connectivity index (χ3n) is 1.65. The molecule has 12 heavy (non-hydrogen) atoms. The van der Waals surface area contributed by atoms with E-state index in [0.29, 0.717) is 0 Å². The maximum absolute atomic E-state index is 4.29. The number of hydrogen-bond acceptors (Lipinski definition) is 2. The van der Waals surface area contributed by atoms with Crippen LogP contribution in [0.3, 0.4) is 0 Å². The van der Waals surface area contributed by atoms with Crippen LogP contribution in [0.5, 0.6) is 0 Å². The van der Waals surface area contributed by atoms with Crippen LogP contribution in [0.25, 0.3) is 0 Å². The number of hydrogen-bond donors (Lipinski definition) is 1. The van der Waals surface area contributed by atoms with Crippen molar-refractivity contribution < 1.29 is 0 Å². The Morgan fingerprint density at radius 2 is 2.25 bits per heavy atom. The zero-order valence-electron chi connectivity index (χ0n) is 7.41. The van der Waals surface area contributed by atoms with E-state index in [1.54, 1.807) is 12.3 Å². The molecule has 0 aromatic heterocycles. The SMILES string of the molecule is C=CC1=CC(C)(C)C=NC=C1S. The van der Waals surface area contributed by atoms with Gasteiger partial charge in [-0.2, -0.15) is 0 Å². The van der Waals surface area contributed by atoms with Gasteiger partial charge in [-0.15, -0.1) is 12.6 Å². The summed E-state index contributed by atoms with van der Waals surface area (Å²) in [4.78, 5) is 5.01. The summed E-state index contributed by atoms with van der Waals surface area (Å²) in [5.74, 6) is 0. The molecule has 0 saturated carbocycles. The molecule has 1 aliphatic rings. The normalized spacial score (nSPS) is 20.9. The minimum atomic E-state index is -0.00942. The van der Waals surface area contributed by atoms with Crippen molar-refractivity contribution in [2.24, 2.45) is 10.4 Å². The lowest BCUT2D eigenvalue weighted by molar-refractivity contribution is 0.692. The van der Waals surface area contributed by atoms with Crippen molar-refractivity contribution in [1.82, 2.24) is 0 Å². The van der Waals surface area contributed by atoms with Crippen molar-refractivity contribution in [2.75, 3.05) is 0 Å². The van der Waals surface area contributed by atoms with Crippen LogP contribution < -0.4 is 0 Å². The van der Waals surface area contributed by atoms with Gasteiger partial charge in [-0.1, -0.05) is 32.6 Å². The van der Waals surface area contributed by atoms with Crippen molar-refractivity contribution in [3.05, 3.63) is 35.4 Å². The standard InChI is InChI=1S/C10H13NS/c1-4-8-5-10(2,3)7-11-6-9(8)12/h4-7,12H,1H2,2-3H3. The second-order valence-electron chi connectivity index (χ2n) is 3.42. The average Bonchev–Trinajstić information content (AvgIpc) is 2.10. The highest BCUT2D eigenvalue weighted by atomic mass is 32.1. The first-order valence-corrected chi connectivity index (χ1v) is 4.29. The van der Waals surface area contributed by atoms with E-state index in [0.717, 1.165) is 10.5 Å². The molecule has 0 N–H and O–H groups in total. The molecule has 0 atom stereocenters. The van der Waals surface area contributed by atoms with E-state index in [4.69, 9.17) is 0 Å². The van der Waals surface area contributed by atoms with Crippen LogP contribution >= 0.6 is 12.6 Å². The summed E-state index contributed by atoms with van der Waals surface area (Å²) in [5, 5.41) is 0. The Kier molecular flexibility index (Phi) is 2.58. The van der Waals surface area contributed by atoms with E-state index in [1.165, 1.54) is 0 Å². The van der Waals surface area contributed by atoms with Crippen LogP contribution in [0.2, 0.25) is 0 Å². The predicted octanol–water partition coefficient (Wildman–Crippen LogP) is 2.98. The molecule has 2 heteroatoms. The van der Waals surface area contributed by atoms with E-state index in [2.05, 4.69) is 44.1 Å². The van der Waals surface area contributed by atoms with Crippen LogP contribution in [0.1, 0.15) is 13.8 Å². The molecular formula is C10H13NS. The first-order valence-electron chi connectivity index (χ1n) is 3.84. The number of rotatable bonds is 1. The fourth-order valence-corrected chi connectivity index (χ4v) is 1.27. The summed E-state index contributed by atoms with van der Waals surface area (Å²) < 4.78 is 0. The topological polar surface area (TPSA) is 12.4 Å². The van der Waals surface area contributed by atoms with Gasteiger partial charge in [0.1, 0.15) is 0 Å². The van der Waals surface area contributed by atoms with E-state index in [1.807, 2.05) is 6.21 Å². The predicted molar refractivity (Wildman–Crippen MR) is 57.6 cm³/mol. The molecule has 0 spiro atoms. The zero-order chi connectivity index (χ0) is 9.19. The monoisotopic (exact) mass is 179 g/mol. The number of thiol groups is 1. The minimum absolute atomic E-state index is 0.00942. The molecule has 0 saturated heterocycles. The van der Waals surface area contributed by atoms with Gasteiger partial charge in [-0.3, -0.25) is 4.99 Å².